The fourth-order valence-electron chi connectivity index (χ4n) is 1.75. The zero-order chi connectivity index (χ0) is 11.6. The highest BCUT2D eigenvalue weighted by atomic mass is 35.5. The third-order valence-electron chi connectivity index (χ3n) is 2.47. The van der Waals surface area contributed by atoms with Crippen molar-refractivity contribution in [2.45, 2.75) is 39.0 Å². The van der Waals surface area contributed by atoms with E-state index in [1.165, 1.54) is 11.1 Å². The van der Waals surface area contributed by atoms with Crippen LogP contribution in [0.1, 0.15) is 37.5 Å². The minimum absolute atomic E-state index is 0.0815. The van der Waals surface area contributed by atoms with Gasteiger partial charge in [0, 0.05) is 11.1 Å². The highest BCUT2D eigenvalue weighted by Crippen LogP contribution is 2.35. The van der Waals surface area contributed by atoms with Crippen LogP contribution < -0.4 is 4.74 Å². The molecule has 0 N–H and O–H groups in total. The lowest BCUT2D eigenvalue weighted by Crippen LogP contribution is -2.14. The largest absolute Gasteiger partial charge is 0.496 e. The zero-order valence-corrected chi connectivity index (χ0v) is 10.9. The zero-order valence-electron chi connectivity index (χ0n) is 10.1. The summed E-state index contributed by atoms with van der Waals surface area (Å²) in [7, 11) is 1.70. The summed E-state index contributed by atoms with van der Waals surface area (Å²) in [4.78, 5) is 0. The highest BCUT2D eigenvalue weighted by Gasteiger charge is 2.21. The van der Waals surface area contributed by atoms with E-state index in [0.29, 0.717) is 5.88 Å². The predicted molar refractivity (Wildman–Crippen MR) is 66.0 cm³/mol. The van der Waals surface area contributed by atoms with E-state index in [4.69, 9.17) is 16.3 Å². The second-order valence-electron chi connectivity index (χ2n) is 4.89. The van der Waals surface area contributed by atoms with Gasteiger partial charge in [0.25, 0.3) is 0 Å². The summed E-state index contributed by atoms with van der Waals surface area (Å²) < 4.78 is 5.46. The van der Waals surface area contributed by atoms with Crippen LogP contribution in [-0.4, -0.2) is 7.11 Å². The normalized spacial score (nSPS) is 11.6. The maximum absolute atomic E-state index is 5.92. The standard InChI is InChI=1S/C13H19ClO/c1-9-6-10(8-14)12(15-5)11(7-9)13(2,3)4/h6-7H,8H2,1-5H3. The Morgan fingerprint density at radius 3 is 2.27 bits per heavy atom. The van der Waals surface area contributed by atoms with Crippen molar-refractivity contribution in [3.63, 3.8) is 0 Å². The van der Waals surface area contributed by atoms with Crippen molar-refractivity contribution < 1.29 is 4.74 Å². The average molecular weight is 227 g/mol. The Kier molecular flexibility index (Phi) is 3.67. The molecule has 1 aromatic carbocycles. The lowest BCUT2D eigenvalue weighted by Gasteiger charge is -2.24. The van der Waals surface area contributed by atoms with Gasteiger partial charge in [-0.25, -0.2) is 0 Å². The van der Waals surface area contributed by atoms with Gasteiger partial charge in [0.2, 0.25) is 0 Å². The average Bonchev–Trinajstić information content (AvgIpc) is 2.15. The van der Waals surface area contributed by atoms with Gasteiger partial charge in [-0.05, 0) is 12.3 Å². The van der Waals surface area contributed by atoms with E-state index in [1.807, 2.05) is 0 Å². The van der Waals surface area contributed by atoms with Crippen LogP contribution >= 0.6 is 11.6 Å². The van der Waals surface area contributed by atoms with E-state index < -0.39 is 0 Å². The molecule has 0 atom stereocenters. The second kappa shape index (κ2) is 4.44. The number of halogens is 1. The van der Waals surface area contributed by atoms with Crippen LogP contribution in [0.3, 0.4) is 0 Å². The Morgan fingerprint density at radius 2 is 1.87 bits per heavy atom. The predicted octanol–water partition coefficient (Wildman–Crippen LogP) is 4.04. The summed E-state index contributed by atoms with van der Waals surface area (Å²) >= 11 is 5.92. The van der Waals surface area contributed by atoms with Crippen LogP contribution in [0.25, 0.3) is 0 Å². The number of aryl methyl sites for hydroxylation is 1. The molecule has 0 aromatic heterocycles. The molecule has 1 nitrogen and oxygen atoms in total. The van der Waals surface area contributed by atoms with Crippen molar-refractivity contribution in [3.8, 4) is 5.75 Å². The number of ether oxygens (including phenoxy) is 1. The number of rotatable bonds is 2. The van der Waals surface area contributed by atoms with Crippen molar-refractivity contribution in [2.75, 3.05) is 7.11 Å². The van der Waals surface area contributed by atoms with Crippen molar-refractivity contribution in [1.82, 2.24) is 0 Å². The van der Waals surface area contributed by atoms with E-state index in [-0.39, 0.29) is 5.41 Å². The van der Waals surface area contributed by atoms with E-state index in [2.05, 4.69) is 39.8 Å². The van der Waals surface area contributed by atoms with E-state index >= 15 is 0 Å². The summed E-state index contributed by atoms with van der Waals surface area (Å²) in [6, 6.07) is 4.26. The molecule has 0 radical (unpaired) electrons. The molecule has 0 aliphatic rings. The number of benzene rings is 1. The molecule has 0 unspecified atom stereocenters. The van der Waals surface area contributed by atoms with Crippen molar-refractivity contribution in [1.29, 1.82) is 0 Å². The first-order valence-corrected chi connectivity index (χ1v) is 5.67. The SMILES string of the molecule is COc1c(CCl)cc(C)cc1C(C)(C)C. The van der Waals surface area contributed by atoms with Gasteiger partial charge < -0.3 is 4.74 Å². The molecule has 0 saturated carbocycles. The van der Waals surface area contributed by atoms with E-state index in [0.717, 1.165) is 11.3 Å². The van der Waals surface area contributed by atoms with Crippen LogP contribution in [0, 0.1) is 6.92 Å². The molecule has 0 saturated heterocycles. The molecule has 1 rings (SSSR count). The quantitative estimate of drug-likeness (QED) is 0.692. The topological polar surface area (TPSA) is 9.23 Å². The van der Waals surface area contributed by atoms with Gasteiger partial charge in [0.1, 0.15) is 5.75 Å². The second-order valence-corrected chi connectivity index (χ2v) is 5.16. The summed E-state index contributed by atoms with van der Waals surface area (Å²) in [6.45, 7) is 8.64. The molecule has 0 aliphatic carbocycles. The third-order valence-corrected chi connectivity index (χ3v) is 2.75. The minimum atomic E-state index is 0.0815. The fraction of sp³-hybridized carbons (Fsp3) is 0.538. The molecule has 1 aromatic rings. The van der Waals surface area contributed by atoms with Crippen molar-refractivity contribution in [3.05, 3.63) is 28.8 Å². The Bertz CT molecular complexity index is 350. The van der Waals surface area contributed by atoms with Gasteiger partial charge in [-0.3, -0.25) is 0 Å². The summed E-state index contributed by atoms with van der Waals surface area (Å²) in [5, 5.41) is 0. The van der Waals surface area contributed by atoms with Gasteiger partial charge in [-0.1, -0.05) is 38.5 Å². The van der Waals surface area contributed by atoms with Crippen LogP contribution in [0.5, 0.6) is 5.75 Å². The first-order chi connectivity index (χ1) is 6.90. The fourth-order valence-corrected chi connectivity index (χ4v) is 1.94. The van der Waals surface area contributed by atoms with Gasteiger partial charge in [-0.2, -0.15) is 0 Å². The molecule has 0 amide bonds. The van der Waals surface area contributed by atoms with Crippen LogP contribution in [-0.2, 0) is 11.3 Å². The van der Waals surface area contributed by atoms with Gasteiger partial charge in [0.15, 0.2) is 0 Å². The highest BCUT2D eigenvalue weighted by molar-refractivity contribution is 6.17. The van der Waals surface area contributed by atoms with Crippen molar-refractivity contribution >= 4 is 11.6 Å². The monoisotopic (exact) mass is 226 g/mol. The smallest absolute Gasteiger partial charge is 0.127 e. The summed E-state index contributed by atoms with van der Waals surface area (Å²) in [5.74, 6) is 1.43. The first kappa shape index (κ1) is 12.4. The van der Waals surface area contributed by atoms with E-state index in [1.54, 1.807) is 7.11 Å². The Balaban J connectivity index is 3.42. The molecular formula is C13H19ClO. The van der Waals surface area contributed by atoms with Crippen LogP contribution in [0.15, 0.2) is 12.1 Å². The lowest BCUT2D eigenvalue weighted by molar-refractivity contribution is 0.394. The summed E-state index contributed by atoms with van der Waals surface area (Å²) in [5.41, 5.74) is 3.61. The molecule has 0 fully saturated rings. The molecule has 0 aliphatic heterocycles. The molecular weight excluding hydrogens is 208 g/mol. The Hall–Kier alpha value is -0.690. The van der Waals surface area contributed by atoms with Crippen molar-refractivity contribution in [2.24, 2.45) is 0 Å². The minimum Gasteiger partial charge on any atom is -0.496 e. The number of hydrogen-bond acceptors (Lipinski definition) is 1. The first-order valence-electron chi connectivity index (χ1n) is 5.14. The van der Waals surface area contributed by atoms with Crippen LogP contribution in [0.2, 0.25) is 0 Å². The molecule has 0 spiro atoms. The number of hydrogen-bond donors (Lipinski definition) is 0. The molecule has 15 heavy (non-hydrogen) atoms. The molecule has 2 heteroatoms. The molecule has 84 valence electrons. The molecule has 0 bridgehead atoms. The number of methoxy groups -OCH3 is 1. The van der Waals surface area contributed by atoms with E-state index in [9.17, 15) is 0 Å². The van der Waals surface area contributed by atoms with Crippen LogP contribution in [0.4, 0.5) is 0 Å². The van der Waals surface area contributed by atoms with Gasteiger partial charge in [-0.15, -0.1) is 11.6 Å². The Labute approximate surface area is 97.4 Å². The Morgan fingerprint density at radius 1 is 1.27 bits per heavy atom. The number of alkyl halides is 1. The molecule has 0 heterocycles. The summed E-state index contributed by atoms with van der Waals surface area (Å²) in [6.07, 6.45) is 0. The lowest BCUT2D eigenvalue weighted by atomic mass is 9.84. The van der Waals surface area contributed by atoms with Gasteiger partial charge >= 0.3 is 0 Å². The van der Waals surface area contributed by atoms with Gasteiger partial charge in [0.05, 0.1) is 13.0 Å². The maximum atomic E-state index is 5.92. The third kappa shape index (κ3) is 2.66. The maximum Gasteiger partial charge on any atom is 0.127 e.